The number of benzene rings is 1. The molecule has 1 aliphatic carbocycles. The van der Waals surface area contributed by atoms with E-state index in [1.165, 1.54) is 24.0 Å². The van der Waals surface area contributed by atoms with Crippen molar-refractivity contribution in [3.05, 3.63) is 47.5 Å². The Balaban J connectivity index is 1.99. The van der Waals surface area contributed by atoms with E-state index in [-0.39, 0.29) is 5.97 Å². The molecule has 1 aromatic carbocycles. The Morgan fingerprint density at radius 1 is 1.38 bits per heavy atom. The van der Waals surface area contributed by atoms with Crippen LogP contribution in [0.5, 0.6) is 0 Å². The van der Waals surface area contributed by atoms with Crippen LogP contribution in [0, 0.1) is 0 Å². The smallest absolute Gasteiger partial charge is 0.310 e. The van der Waals surface area contributed by atoms with Crippen molar-refractivity contribution in [2.24, 2.45) is 0 Å². The highest BCUT2D eigenvalue weighted by atomic mass is 16.5. The van der Waals surface area contributed by atoms with Gasteiger partial charge in [0.2, 0.25) is 0 Å². The molecule has 0 radical (unpaired) electrons. The zero-order valence-electron chi connectivity index (χ0n) is 9.37. The fourth-order valence-electron chi connectivity index (χ4n) is 2.10. The Bertz CT molecular complexity index is 407. The van der Waals surface area contributed by atoms with E-state index in [1.807, 2.05) is 6.07 Å². The number of hydrogen-bond donors (Lipinski definition) is 0. The second-order valence-corrected chi connectivity index (χ2v) is 4.11. The maximum absolute atomic E-state index is 11.4. The van der Waals surface area contributed by atoms with Gasteiger partial charge in [-0.3, -0.25) is 4.79 Å². The standard InChI is InChI=1S/C14H16O2/c1-2-8-16-14(15)10-11-6-7-12-4-3-5-13(12)9-11/h2,6-7,9H,1,3-5,8,10H2. The van der Waals surface area contributed by atoms with Crippen LogP contribution >= 0.6 is 0 Å². The van der Waals surface area contributed by atoms with Crippen molar-refractivity contribution >= 4 is 5.97 Å². The van der Waals surface area contributed by atoms with Gasteiger partial charge in [0, 0.05) is 0 Å². The number of carbonyl (C=O) groups is 1. The van der Waals surface area contributed by atoms with Gasteiger partial charge in [0.1, 0.15) is 6.61 Å². The van der Waals surface area contributed by atoms with Crippen LogP contribution in [-0.2, 0) is 28.8 Å². The van der Waals surface area contributed by atoms with Gasteiger partial charge in [-0.1, -0.05) is 30.9 Å². The van der Waals surface area contributed by atoms with Crippen LogP contribution in [-0.4, -0.2) is 12.6 Å². The van der Waals surface area contributed by atoms with E-state index in [0.717, 1.165) is 12.0 Å². The molecule has 0 saturated heterocycles. The SMILES string of the molecule is C=CCOC(=O)Cc1ccc2c(c1)CCC2. The number of esters is 1. The van der Waals surface area contributed by atoms with Crippen LogP contribution in [0.4, 0.5) is 0 Å². The molecule has 0 saturated carbocycles. The van der Waals surface area contributed by atoms with Crippen LogP contribution in [0.1, 0.15) is 23.1 Å². The first-order chi connectivity index (χ1) is 7.79. The molecule has 16 heavy (non-hydrogen) atoms. The summed E-state index contributed by atoms with van der Waals surface area (Å²) >= 11 is 0. The zero-order valence-corrected chi connectivity index (χ0v) is 9.37. The third-order valence-corrected chi connectivity index (χ3v) is 2.87. The van der Waals surface area contributed by atoms with Gasteiger partial charge in [-0.15, -0.1) is 0 Å². The minimum atomic E-state index is -0.183. The molecule has 84 valence electrons. The fourth-order valence-corrected chi connectivity index (χ4v) is 2.10. The molecule has 0 amide bonds. The molecule has 0 aliphatic heterocycles. The maximum Gasteiger partial charge on any atom is 0.310 e. The van der Waals surface area contributed by atoms with Crippen molar-refractivity contribution in [3.63, 3.8) is 0 Å². The molecule has 0 fully saturated rings. The maximum atomic E-state index is 11.4. The predicted octanol–water partition coefficient (Wildman–Crippen LogP) is 2.45. The lowest BCUT2D eigenvalue weighted by molar-refractivity contribution is -0.141. The highest BCUT2D eigenvalue weighted by Gasteiger charge is 2.12. The summed E-state index contributed by atoms with van der Waals surface area (Å²) in [7, 11) is 0. The third kappa shape index (κ3) is 2.51. The number of rotatable bonds is 4. The molecular formula is C14H16O2. The number of carbonyl (C=O) groups excluding carboxylic acids is 1. The highest BCUT2D eigenvalue weighted by Crippen LogP contribution is 2.23. The second kappa shape index (κ2) is 4.97. The first-order valence-corrected chi connectivity index (χ1v) is 5.67. The van der Waals surface area contributed by atoms with E-state index in [9.17, 15) is 4.79 Å². The van der Waals surface area contributed by atoms with Crippen LogP contribution in [0.25, 0.3) is 0 Å². The molecule has 2 heteroatoms. The summed E-state index contributed by atoms with van der Waals surface area (Å²) in [6.07, 6.45) is 5.50. The number of fused-ring (bicyclic) bond motifs is 1. The van der Waals surface area contributed by atoms with E-state index >= 15 is 0 Å². The summed E-state index contributed by atoms with van der Waals surface area (Å²) in [5.41, 5.74) is 3.88. The minimum Gasteiger partial charge on any atom is -0.461 e. The second-order valence-electron chi connectivity index (χ2n) is 4.11. The van der Waals surface area contributed by atoms with Crippen LogP contribution < -0.4 is 0 Å². The molecule has 0 unspecified atom stereocenters. The minimum absolute atomic E-state index is 0.183. The molecule has 1 aromatic rings. The summed E-state index contributed by atoms with van der Waals surface area (Å²) in [5.74, 6) is -0.183. The molecule has 0 N–H and O–H groups in total. The lowest BCUT2D eigenvalue weighted by Crippen LogP contribution is -2.08. The Morgan fingerprint density at radius 2 is 2.19 bits per heavy atom. The first kappa shape index (κ1) is 10.9. The molecule has 0 bridgehead atoms. The third-order valence-electron chi connectivity index (χ3n) is 2.87. The quantitative estimate of drug-likeness (QED) is 0.571. The van der Waals surface area contributed by atoms with Crippen molar-refractivity contribution in [1.29, 1.82) is 0 Å². The average Bonchev–Trinajstić information content (AvgIpc) is 2.73. The van der Waals surface area contributed by atoms with Gasteiger partial charge < -0.3 is 4.74 Å². The van der Waals surface area contributed by atoms with Gasteiger partial charge >= 0.3 is 5.97 Å². The van der Waals surface area contributed by atoms with E-state index < -0.39 is 0 Å². The number of ether oxygens (including phenoxy) is 1. The molecule has 0 spiro atoms. The van der Waals surface area contributed by atoms with E-state index in [2.05, 4.69) is 18.7 Å². The number of hydrogen-bond acceptors (Lipinski definition) is 2. The molecular weight excluding hydrogens is 200 g/mol. The average molecular weight is 216 g/mol. The van der Waals surface area contributed by atoms with E-state index in [1.54, 1.807) is 6.08 Å². The summed E-state index contributed by atoms with van der Waals surface area (Å²) in [4.78, 5) is 11.4. The lowest BCUT2D eigenvalue weighted by atomic mass is 10.0. The first-order valence-electron chi connectivity index (χ1n) is 5.67. The molecule has 1 aliphatic rings. The lowest BCUT2D eigenvalue weighted by Gasteiger charge is -2.04. The highest BCUT2D eigenvalue weighted by molar-refractivity contribution is 5.72. The van der Waals surface area contributed by atoms with Crippen molar-refractivity contribution in [2.75, 3.05) is 6.61 Å². The van der Waals surface area contributed by atoms with Crippen molar-refractivity contribution < 1.29 is 9.53 Å². The van der Waals surface area contributed by atoms with Gasteiger partial charge in [0.25, 0.3) is 0 Å². The number of aryl methyl sites for hydroxylation is 2. The fraction of sp³-hybridized carbons (Fsp3) is 0.357. The van der Waals surface area contributed by atoms with E-state index in [4.69, 9.17) is 4.74 Å². The molecule has 2 nitrogen and oxygen atoms in total. The van der Waals surface area contributed by atoms with Gasteiger partial charge in [-0.2, -0.15) is 0 Å². The van der Waals surface area contributed by atoms with Crippen LogP contribution in [0.2, 0.25) is 0 Å². The monoisotopic (exact) mass is 216 g/mol. The van der Waals surface area contributed by atoms with Crippen LogP contribution in [0.15, 0.2) is 30.9 Å². The largest absolute Gasteiger partial charge is 0.461 e. The summed E-state index contributed by atoms with van der Waals surface area (Å²) < 4.78 is 4.96. The molecule has 0 atom stereocenters. The van der Waals surface area contributed by atoms with Crippen LogP contribution in [0.3, 0.4) is 0 Å². The summed E-state index contributed by atoms with van der Waals surface area (Å²) in [6.45, 7) is 3.81. The van der Waals surface area contributed by atoms with Gasteiger partial charge in [-0.25, -0.2) is 0 Å². The Kier molecular flexibility index (Phi) is 3.40. The molecule has 0 heterocycles. The van der Waals surface area contributed by atoms with Crippen molar-refractivity contribution in [1.82, 2.24) is 0 Å². The molecule has 2 rings (SSSR count). The normalized spacial score (nSPS) is 13.2. The zero-order chi connectivity index (χ0) is 11.4. The Hall–Kier alpha value is -1.57. The summed E-state index contributed by atoms with van der Waals surface area (Å²) in [6, 6.07) is 6.30. The van der Waals surface area contributed by atoms with Crippen molar-refractivity contribution in [2.45, 2.75) is 25.7 Å². The van der Waals surface area contributed by atoms with Crippen molar-refractivity contribution in [3.8, 4) is 0 Å². The Labute approximate surface area is 95.9 Å². The van der Waals surface area contributed by atoms with Gasteiger partial charge in [-0.05, 0) is 36.0 Å². The molecule has 0 aromatic heterocycles. The van der Waals surface area contributed by atoms with Gasteiger partial charge in [0.15, 0.2) is 0 Å². The van der Waals surface area contributed by atoms with E-state index in [0.29, 0.717) is 13.0 Å². The summed E-state index contributed by atoms with van der Waals surface area (Å²) in [5, 5.41) is 0. The topological polar surface area (TPSA) is 26.3 Å². The Morgan fingerprint density at radius 3 is 3.00 bits per heavy atom. The predicted molar refractivity (Wildman–Crippen MR) is 63.3 cm³/mol. The van der Waals surface area contributed by atoms with Gasteiger partial charge in [0.05, 0.1) is 6.42 Å².